The van der Waals surface area contributed by atoms with E-state index in [4.69, 9.17) is 0 Å². The minimum absolute atomic E-state index is 0.0836. The van der Waals surface area contributed by atoms with Gasteiger partial charge < -0.3 is 10.2 Å². The molecule has 0 aliphatic heterocycles. The van der Waals surface area contributed by atoms with Crippen molar-refractivity contribution in [1.29, 1.82) is 0 Å². The van der Waals surface area contributed by atoms with Gasteiger partial charge in [-0.1, -0.05) is 65.3 Å². The van der Waals surface area contributed by atoms with Crippen molar-refractivity contribution in [1.82, 2.24) is 10.2 Å². The quantitative estimate of drug-likeness (QED) is 0.255. The van der Waals surface area contributed by atoms with Crippen LogP contribution in [-0.2, 0) is 32.6 Å². The number of carbonyl (C=O) groups is 2. The number of sulfonamides is 1. The van der Waals surface area contributed by atoms with E-state index in [2.05, 4.69) is 43.8 Å². The van der Waals surface area contributed by atoms with Crippen LogP contribution in [0.5, 0.6) is 0 Å². The number of anilines is 1. The average molecular weight is 726 g/mol. The van der Waals surface area contributed by atoms with Crippen molar-refractivity contribution < 1.29 is 18.0 Å². The minimum atomic E-state index is -3.79. The molecule has 2 unspecified atom stereocenters. The molecule has 3 rings (SSSR count). The predicted octanol–water partition coefficient (Wildman–Crippen LogP) is 5.37. The summed E-state index contributed by atoms with van der Waals surface area (Å²) in [5.74, 6) is -0.749. The molecular weight excluding hydrogens is 693 g/mol. The molecule has 7 nitrogen and oxygen atoms in total. The van der Waals surface area contributed by atoms with Gasteiger partial charge in [-0.15, -0.1) is 0 Å². The van der Waals surface area contributed by atoms with Crippen LogP contribution >= 0.6 is 38.5 Å². The third-order valence-corrected chi connectivity index (χ3v) is 8.72. The normalized spacial score (nSPS) is 12.8. The van der Waals surface area contributed by atoms with Crippen molar-refractivity contribution in [2.75, 3.05) is 17.1 Å². The number of halogens is 2. The van der Waals surface area contributed by atoms with Crippen LogP contribution < -0.4 is 9.62 Å². The predicted molar refractivity (Wildman–Crippen MR) is 168 cm³/mol. The van der Waals surface area contributed by atoms with Crippen LogP contribution in [0.2, 0.25) is 0 Å². The van der Waals surface area contributed by atoms with E-state index in [0.29, 0.717) is 5.69 Å². The van der Waals surface area contributed by atoms with Crippen molar-refractivity contribution >= 4 is 66.0 Å². The topological polar surface area (TPSA) is 86.8 Å². The Balaban J connectivity index is 2.04. The zero-order valence-corrected chi connectivity index (χ0v) is 26.7. The molecule has 0 saturated heterocycles. The van der Waals surface area contributed by atoms with Gasteiger partial charge in [0.1, 0.15) is 12.6 Å². The Bertz CT molecular complexity index is 1350. The molecule has 1 N–H and O–H groups in total. The van der Waals surface area contributed by atoms with Crippen LogP contribution in [0.15, 0.2) is 83.3 Å². The zero-order chi connectivity index (χ0) is 28.6. The Labute approximate surface area is 253 Å². The number of nitrogens with zero attached hydrogens (tertiary/aromatic N) is 2. The fraction of sp³-hybridized carbons (Fsp3) is 0.310. The van der Waals surface area contributed by atoms with E-state index in [1.807, 2.05) is 68.4 Å². The molecule has 0 fully saturated rings. The summed E-state index contributed by atoms with van der Waals surface area (Å²) in [6.45, 7) is 3.60. The van der Waals surface area contributed by atoms with Gasteiger partial charge in [0, 0.05) is 27.1 Å². The number of carbonyl (C=O) groups excluding carboxylic acids is 2. The number of amides is 2. The highest BCUT2D eigenvalue weighted by Gasteiger charge is 2.33. The summed E-state index contributed by atoms with van der Waals surface area (Å²) in [5, 5.41) is 3.03. The number of benzene rings is 3. The summed E-state index contributed by atoms with van der Waals surface area (Å²) >= 11 is 5.58. The van der Waals surface area contributed by atoms with E-state index in [0.717, 1.165) is 36.2 Å². The van der Waals surface area contributed by atoms with E-state index >= 15 is 0 Å². The van der Waals surface area contributed by atoms with Crippen LogP contribution in [0.25, 0.3) is 0 Å². The van der Waals surface area contributed by atoms with E-state index in [1.165, 1.54) is 4.90 Å². The Morgan fingerprint density at radius 2 is 1.56 bits per heavy atom. The largest absolute Gasteiger partial charge is 0.352 e. The molecule has 0 heterocycles. The Kier molecular flexibility index (Phi) is 11.4. The van der Waals surface area contributed by atoms with Crippen LogP contribution in [0.4, 0.5) is 5.69 Å². The van der Waals surface area contributed by atoms with Crippen LogP contribution in [0, 0.1) is 3.57 Å². The molecule has 2 atom stereocenters. The summed E-state index contributed by atoms with van der Waals surface area (Å²) in [4.78, 5) is 29.2. The highest BCUT2D eigenvalue weighted by atomic mass is 127. The van der Waals surface area contributed by atoms with Gasteiger partial charge in [0.25, 0.3) is 0 Å². The first-order valence-corrected chi connectivity index (χ1v) is 16.3. The van der Waals surface area contributed by atoms with E-state index in [9.17, 15) is 18.0 Å². The monoisotopic (exact) mass is 725 g/mol. The third-order valence-electron chi connectivity index (χ3n) is 6.33. The van der Waals surface area contributed by atoms with Gasteiger partial charge >= 0.3 is 0 Å². The number of nitrogens with one attached hydrogen (secondary N) is 1. The standard InChI is InChI=1S/C29H33BrIN3O4S/c1-4-21(2)32-29(36)27(18-22-8-6-5-7-9-22)33(19-23-10-12-24(30)13-11-23)28(35)20-34(39(3,37)38)26-16-14-25(31)15-17-26/h5-17,21,27H,4,18-20H2,1-3H3,(H,32,36). The van der Waals surface area contributed by atoms with Crippen molar-refractivity contribution in [2.24, 2.45) is 0 Å². The second kappa shape index (κ2) is 14.3. The van der Waals surface area contributed by atoms with Gasteiger partial charge in [-0.25, -0.2) is 8.42 Å². The van der Waals surface area contributed by atoms with Gasteiger partial charge in [-0.3, -0.25) is 13.9 Å². The first kappa shape index (κ1) is 31.1. The lowest BCUT2D eigenvalue weighted by molar-refractivity contribution is -0.140. The molecule has 0 radical (unpaired) electrons. The summed E-state index contributed by atoms with van der Waals surface area (Å²) in [5.41, 5.74) is 2.10. The lowest BCUT2D eigenvalue weighted by atomic mass is 10.0. The molecule has 0 aliphatic rings. The summed E-state index contributed by atoms with van der Waals surface area (Å²) in [6, 6.07) is 23.0. The molecule has 208 valence electrons. The molecular formula is C29H33BrIN3O4S. The highest BCUT2D eigenvalue weighted by Crippen LogP contribution is 2.22. The fourth-order valence-corrected chi connectivity index (χ4v) is 5.48. The lowest BCUT2D eigenvalue weighted by Crippen LogP contribution is -2.54. The Morgan fingerprint density at radius 3 is 2.13 bits per heavy atom. The fourth-order valence-electron chi connectivity index (χ4n) is 4.00. The van der Waals surface area contributed by atoms with Crippen molar-refractivity contribution in [3.05, 3.63) is 98.0 Å². The maximum atomic E-state index is 14.0. The average Bonchev–Trinajstić information content (AvgIpc) is 2.90. The van der Waals surface area contributed by atoms with Crippen LogP contribution in [-0.4, -0.2) is 50.0 Å². The zero-order valence-electron chi connectivity index (χ0n) is 22.2. The molecule has 10 heteroatoms. The summed E-state index contributed by atoms with van der Waals surface area (Å²) in [6.07, 6.45) is 2.10. The smallest absolute Gasteiger partial charge is 0.244 e. The lowest BCUT2D eigenvalue weighted by Gasteiger charge is -2.34. The van der Waals surface area contributed by atoms with Crippen LogP contribution in [0.3, 0.4) is 0 Å². The molecule has 3 aromatic carbocycles. The molecule has 0 spiro atoms. The molecule has 0 saturated carbocycles. The maximum absolute atomic E-state index is 14.0. The van der Waals surface area contributed by atoms with Gasteiger partial charge in [-0.2, -0.15) is 0 Å². The minimum Gasteiger partial charge on any atom is -0.352 e. The first-order valence-electron chi connectivity index (χ1n) is 12.6. The highest BCUT2D eigenvalue weighted by molar-refractivity contribution is 14.1. The van der Waals surface area contributed by atoms with E-state index < -0.39 is 28.5 Å². The third kappa shape index (κ3) is 9.32. The molecule has 3 aromatic rings. The Morgan fingerprint density at radius 1 is 0.949 bits per heavy atom. The van der Waals surface area contributed by atoms with E-state index in [-0.39, 0.29) is 24.9 Å². The second-order valence-electron chi connectivity index (χ2n) is 9.42. The van der Waals surface area contributed by atoms with Crippen molar-refractivity contribution in [3.8, 4) is 0 Å². The number of hydrogen-bond acceptors (Lipinski definition) is 4. The SMILES string of the molecule is CCC(C)NC(=O)C(Cc1ccccc1)N(Cc1ccc(Br)cc1)C(=O)CN(c1ccc(I)cc1)S(C)(=O)=O. The second-order valence-corrected chi connectivity index (χ2v) is 13.5. The van der Waals surface area contributed by atoms with E-state index in [1.54, 1.807) is 24.3 Å². The van der Waals surface area contributed by atoms with Crippen molar-refractivity contribution in [2.45, 2.75) is 45.3 Å². The molecule has 0 aromatic heterocycles. The molecule has 0 bridgehead atoms. The van der Waals surface area contributed by atoms with Crippen LogP contribution in [0.1, 0.15) is 31.4 Å². The Hall–Kier alpha value is -2.44. The molecule has 39 heavy (non-hydrogen) atoms. The first-order chi connectivity index (χ1) is 18.5. The number of rotatable bonds is 12. The summed E-state index contributed by atoms with van der Waals surface area (Å²) in [7, 11) is -3.79. The van der Waals surface area contributed by atoms with Gasteiger partial charge in [0.15, 0.2) is 0 Å². The maximum Gasteiger partial charge on any atom is 0.244 e. The van der Waals surface area contributed by atoms with Crippen molar-refractivity contribution in [3.63, 3.8) is 0 Å². The molecule has 2 amide bonds. The van der Waals surface area contributed by atoms with Gasteiger partial charge in [0.05, 0.1) is 11.9 Å². The van der Waals surface area contributed by atoms with Gasteiger partial charge in [0.2, 0.25) is 21.8 Å². The molecule has 0 aliphatic carbocycles. The summed E-state index contributed by atoms with van der Waals surface area (Å²) < 4.78 is 28.6. The van der Waals surface area contributed by atoms with Gasteiger partial charge in [-0.05, 0) is 83.5 Å². The number of hydrogen-bond donors (Lipinski definition) is 1.